The molecule has 8 heteroatoms. The van der Waals surface area contributed by atoms with Gasteiger partial charge in [0.2, 0.25) is 0 Å². The first-order valence-electron chi connectivity index (χ1n) is 12.1. The highest BCUT2D eigenvalue weighted by Crippen LogP contribution is 2.32. The lowest BCUT2D eigenvalue weighted by Crippen LogP contribution is -2.38. The summed E-state index contributed by atoms with van der Waals surface area (Å²) in [7, 11) is -3.74. The van der Waals surface area contributed by atoms with Gasteiger partial charge in [0.05, 0.1) is 22.5 Å². The van der Waals surface area contributed by atoms with Crippen LogP contribution in [-0.2, 0) is 16.6 Å². The van der Waals surface area contributed by atoms with Crippen molar-refractivity contribution >= 4 is 32.4 Å². The largest absolute Gasteiger partial charge is 0.396 e. The van der Waals surface area contributed by atoms with Gasteiger partial charge in [0.25, 0.3) is 10.0 Å². The second-order valence-electron chi connectivity index (χ2n) is 8.44. The maximum Gasteiger partial charge on any atom is 0.269 e. The van der Waals surface area contributed by atoms with Gasteiger partial charge in [-0.1, -0.05) is 62.4 Å². The third-order valence-corrected chi connectivity index (χ3v) is 7.88. The molecule has 2 aromatic carbocycles. The molecule has 1 saturated heterocycles. The average Bonchev–Trinajstić information content (AvgIpc) is 3.34. The van der Waals surface area contributed by atoms with Gasteiger partial charge in [0, 0.05) is 37.3 Å². The van der Waals surface area contributed by atoms with E-state index in [9.17, 15) is 8.42 Å². The van der Waals surface area contributed by atoms with Crippen LogP contribution in [0.5, 0.6) is 0 Å². The van der Waals surface area contributed by atoms with E-state index in [1.807, 2.05) is 19.9 Å². The van der Waals surface area contributed by atoms with E-state index in [0.29, 0.717) is 16.7 Å². The van der Waals surface area contributed by atoms with Crippen LogP contribution in [0.3, 0.4) is 0 Å². The van der Waals surface area contributed by atoms with E-state index in [4.69, 9.17) is 5.73 Å². The zero-order chi connectivity index (χ0) is 24.8. The van der Waals surface area contributed by atoms with Gasteiger partial charge in [0.15, 0.2) is 5.65 Å². The van der Waals surface area contributed by atoms with E-state index in [1.54, 1.807) is 42.6 Å². The van der Waals surface area contributed by atoms with Gasteiger partial charge in [-0.15, -0.1) is 0 Å². The number of rotatable bonds is 6. The number of aromatic nitrogens is 2. The minimum atomic E-state index is -3.74. The number of benzene rings is 2. The molecule has 35 heavy (non-hydrogen) atoms. The van der Waals surface area contributed by atoms with Crippen LogP contribution in [0.4, 0.5) is 11.4 Å². The lowest BCUT2D eigenvalue weighted by Gasteiger charge is -2.33. The lowest BCUT2D eigenvalue weighted by atomic mass is 10.0. The molecule has 5 rings (SSSR count). The first-order chi connectivity index (χ1) is 17.0. The molecular weight excluding hydrogens is 458 g/mol. The van der Waals surface area contributed by atoms with Crippen LogP contribution in [0.1, 0.15) is 32.3 Å². The Balaban J connectivity index is 0.00000141. The molecule has 0 aliphatic carbocycles. The maximum absolute atomic E-state index is 13.1. The molecule has 3 N–H and O–H groups in total. The van der Waals surface area contributed by atoms with Crippen LogP contribution in [0, 0.1) is 0 Å². The molecule has 1 aliphatic rings. The molecule has 184 valence electrons. The summed E-state index contributed by atoms with van der Waals surface area (Å²) < 4.78 is 27.5. The Hall–Kier alpha value is -3.36. The number of nitrogens with zero attached hydrogens (tertiary/aromatic N) is 3. The first kappa shape index (κ1) is 24.8. The second kappa shape index (κ2) is 10.9. The first-order valence-corrected chi connectivity index (χ1v) is 13.6. The van der Waals surface area contributed by atoms with Crippen LogP contribution >= 0.6 is 0 Å². The van der Waals surface area contributed by atoms with Gasteiger partial charge in [-0.2, -0.15) is 0 Å². The highest BCUT2D eigenvalue weighted by molar-refractivity contribution is 7.90. The van der Waals surface area contributed by atoms with Gasteiger partial charge >= 0.3 is 0 Å². The van der Waals surface area contributed by atoms with Crippen molar-refractivity contribution in [2.45, 2.75) is 44.2 Å². The van der Waals surface area contributed by atoms with E-state index in [2.05, 4.69) is 39.5 Å². The molecule has 0 radical (unpaired) electrons. The van der Waals surface area contributed by atoms with Crippen molar-refractivity contribution in [2.75, 3.05) is 24.1 Å². The summed E-state index contributed by atoms with van der Waals surface area (Å²) in [5.74, 6) is 0. The van der Waals surface area contributed by atoms with Gasteiger partial charge in [-0.25, -0.2) is 17.4 Å². The molecule has 0 spiro atoms. The fourth-order valence-electron chi connectivity index (χ4n) is 4.42. The van der Waals surface area contributed by atoms with Gasteiger partial charge in [-0.05, 0) is 36.6 Å². The number of anilines is 2. The SMILES string of the molecule is CC.Nc1cnc2c(ccn2S(=O)(=O)c2ccccc2)c1NC1CCN(Cc2ccccc2)CC1. The van der Waals surface area contributed by atoms with Crippen molar-refractivity contribution in [3.05, 3.63) is 84.7 Å². The third kappa shape index (κ3) is 5.33. The highest BCUT2D eigenvalue weighted by atomic mass is 32.2. The fourth-order valence-corrected chi connectivity index (χ4v) is 5.74. The normalized spacial score (nSPS) is 14.9. The number of nitrogen functional groups attached to an aromatic ring is 1. The van der Waals surface area contributed by atoms with Crippen LogP contribution < -0.4 is 11.1 Å². The molecule has 0 unspecified atom stereocenters. The van der Waals surface area contributed by atoms with Crippen LogP contribution in [-0.4, -0.2) is 41.4 Å². The molecule has 0 amide bonds. The van der Waals surface area contributed by atoms with Crippen molar-refractivity contribution in [1.82, 2.24) is 13.9 Å². The summed E-state index contributed by atoms with van der Waals surface area (Å²) in [6, 6.07) is 20.9. The molecule has 4 aromatic rings. The monoisotopic (exact) mass is 491 g/mol. The minimum Gasteiger partial charge on any atom is -0.396 e. The van der Waals surface area contributed by atoms with Crippen molar-refractivity contribution in [3.63, 3.8) is 0 Å². The van der Waals surface area contributed by atoms with E-state index in [0.717, 1.165) is 38.2 Å². The zero-order valence-electron chi connectivity index (χ0n) is 20.3. The van der Waals surface area contributed by atoms with Crippen molar-refractivity contribution < 1.29 is 8.42 Å². The average molecular weight is 492 g/mol. The number of piperidine rings is 1. The summed E-state index contributed by atoms with van der Waals surface area (Å²) in [5, 5.41) is 4.29. The standard InChI is InChI=1S/C25H27N5O2S.C2H6/c26-23-17-27-25-22(13-16-30(25)33(31,32)21-9-5-2-6-10-21)24(23)28-20-11-14-29(15-12-20)18-19-7-3-1-4-8-19;1-2/h1-10,13,16-17,20H,11-12,14-15,18,26H2,(H,27,28);1-2H3. The molecule has 0 atom stereocenters. The predicted octanol–water partition coefficient (Wildman–Crippen LogP) is 4.96. The summed E-state index contributed by atoms with van der Waals surface area (Å²) in [6.07, 6.45) is 5.05. The maximum atomic E-state index is 13.1. The smallest absolute Gasteiger partial charge is 0.269 e. The summed E-state index contributed by atoms with van der Waals surface area (Å²) >= 11 is 0. The highest BCUT2D eigenvalue weighted by Gasteiger charge is 2.24. The Morgan fingerprint density at radius 1 is 0.971 bits per heavy atom. The second-order valence-corrected chi connectivity index (χ2v) is 10.3. The zero-order valence-corrected chi connectivity index (χ0v) is 21.1. The molecule has 1 aliphatic heterocycles. The third-order valence-electron chi connectivity index (χ3n) is 6.20. The number of pyridine rings is 1. The van der Waals surface area contributed by atoms with Gasteiger partial charge in [-0.3, -0.25) is 4.90 Å². The van der Waals surface area contributed by atoms with E-state index >= 15 is 0 Å². The summed E-state index contributed by atoms with van der Waals surface area (Å²) in [5.41, 5.74) is 9.24. The van der Waals surface area contributed by atoms with Crippen LogP contribution in [0.2, 0.25) is 0 Å². The summed E-state index contributed by atoms with van der Waals surface area (Å²) in [6.45, 7) is 6.93. The number of likely N-dealkylation sites (tertiary alicyclic amines) is 1. The Labute approximate surface area is 207 Å². The molecule has 7 nitrogen and oxygen atoms in total. The van der Waals surface area contributed by atoms with Crippen molar-refractivity contribution in [2.24, 2.45) is 0 Å². The predicted molar refractivity (Wildman–Crippen MR) is 143 cm³/mol. The van der Waals surface area contributed by atoms with E-state index < -0.39 is 10.0 Å². The van der Waals surface area contributed by atoms with E-state index in [1.165, 1.54) is 15.7 Å². The number of nitrogens with two attached hydrogens (primary N) is 1. The molecule has 0 bridgehead atoms. The molecular formula is C27H33N5O2S. The quantitative estimate of drug-likeness (QED) is 0.396. The number of hydrogen-bond donors (Lipinski definition) is 2. The molecule has 2 aromatic heterocycles. The molecule has 0 saturated carbocycles. The Bertz CT molecular complexity index is 1350. The lowest BCUT2D eigenvalue weighted by molar-refractivity contribution is 0.211. The Morgan fingerprint density at radius 2 is 1.60 bits per heavy atom. The Kier molecular flexibility index (Phi) is 7.73. The number of hydrogen-bond acceptors (Lipinski definition) is 6. The van der Waals surface area contributed by atoms with Crippen LogP contribution in [0.25, 0.3) is 11.0 Å². The number of nitrogens with one attached hydrogen (secondary N) is 1. The molecule has 1 fully saturated rings. The minimum absolute atomic E-state index is 0.224. The topological polar surface area (TPSA) is 93.2 Å². The Morgan fingerprint density at radius 3 is 2.26 bits per heavy atom. The summed E-state index contributed by atoms with van der Waals surface area (Å²) in [4.78, 5) is 7.04. The van der Waals surface area contributed by atoms with Crippen molar-refractivity contribution in [1.29, 1.82) is 0 Å². The van der Waals surface area contributed by atoms with Crippen molar-refractivity contribution in [3.8, 4) is 0 Å². The van der Waals surface area contributed by atoms with Gasteiger partial charge < -0.3 is 11.1 Å². The fraction of sp³-hybridized carbons (Fsp3) is 0.296. The molecule has 3 heterocycles. The van der Waals surface area contributed by atoms with E-state index in [-0.39, 0.29) is 10.9 Å². The number of fused-ring (bicyclic) bond motifs is 1. The van der Waals surface area contributed by atoms with Crippen LogP contribution in [0.15, 0.2) is 84.0 Å². The van der Waals surface area contributed by atoms with Gasteiger partial charge in [0.1, 0.15) is 0 Å².